The Labute approximate surface area is 131 Å². The van der Waals surface area contributed by atoms with Gasteiger partial charge in [0.2, 0.25) is 5.91 Å². The molecule has 1 aliphatic rings. The summed E-state index contributed by atoms with van der Waals surface area (Å²) in [5.41, 5.74) is 0.813. The van der Waals surface area contributed by atoms with Gasteiger partial charge < -0.3 is 15.0 Å². The van der Waals surface area contributed by atoms with Gasteiger partial charge in [-0.15, -0.1) is 12.4 Å². The van der Waals surface area contributed by atoms with Gasteiger partial charge in [-0.05, 0) is 24.6 Å². The van der Waals surface area contributed by atoms with Crippen molar-refractivity contribution >= 4 is 18.3 Å². The van der Waals surface area contributed by atoms with Gasteiger partial charge in [-0.2, -0.15) is 0 Å². The van der Waals surface area contributed by atoms with Crippen molar-refractivity contribution in [3.05, 3.63) is 35.6 Å². The molecule has 21 heavy (non-hydrogen) atoms. The zero-order valence-electron chi connectivity index (χ0n) is 12.2. The highest BCUT2D eigenvalue weighted by Gasteiger charge is 2.20. The number of hydrogen-bond donors (Lipinski definition) is 1. The standard InChI is InChI=1S/C15H21FN2O2.ClH/c1-2-18(10-12-4-3-5-13(16)8-12)15(19)9-14-11-20-7-6-17-14;/h3-5,8,14,17H,2,6-7,9-11H2,1H3;1H. The van der Waals surface area contributed by atoms with Gasteiger partial charge in [0.05, 0.1) is 13.2 Å². The number of carbonyl (C=O) groups excluding carboxylic acids is 1. The van der Waals surface area contributed by atoms with Crippen LogP contribution in [0.3, 0.4) is 0 Å². The number of carbonyl (C=O) groups is 1. The average Bonchev–Trinajstić information content (AvgIpc) is 2.46. The molecule has 1 aromatic rings. The smallest absolute Gasteiger partial charge is 0.224 e. The molecule has 0 aromatic heterocycles. The molecular weight excluding hydrogens is 295 g/mol. The second-order valence-corrected chi connectivity index (χ2v) is 4.97. The lowest BCUT2D eigenvalue weighted by Gasteiger charge is -2.27. The maximum atomic E-state index is 13.2. The van der Waals surface area contributed by atoms with E-state index in [1.807, 2.05) is 13.0 Å². The maximum Gasteiger partial charge on any atom is 0.224 e. The summed E-state index contributed by atoms with van der Waals surface area (Å²) >= 11 is 0. The molecule has 118 valence electrons. The van der Waals surface area contributed by atoms with Crippen LogP contribution >= 0.6 is 12.4 Å². The number of rotatable bonds is 5. The molecule has 1 amide bonds. The first kappa shape index (κ1) is 17.9. The van der Waals surface area contributed by atoms with Gasteiger partial charge in [0.25, 0.3) is 0 Å². The topological polar surface area (TPSA) is 41.6 Å². The molecule has 4 nitrogen and oxygen atoms in total. The minimum absolute atomic E-state index is 0. The fraction of sp³-hybridized carbons (Fsp3) is 0.533. The predicted octanol–water partition coefficient (Wildman–Crippen LogP) is 1.97. The third-order valence-electron chi connectivity index (χ3n) is 3.42. The SMILES string of the molecule is CCN(Cc1cccc(F)c1)C(=O)CC1COCCN1.Cl. The number of benzene rings is 1. The Kier molecular flexibility index (Phi) is 7.64. The molecule has 0 radical (unpaired) electrons. The van der Waals surface area contributed by atoms with Crippen molar-refractivity contribution in [2.45, 2.75) is 25.9 Å². The monoisotopic (exact) mass is 316 g/mol. The number of amides is 1. The quantitative estimate of drug-likeness (QED) is 0.903. The minimum Gasteiger partial charge on any atom is -0.378 e. The van der Waals surface area contributed by atoms with Gasteiger partial charge in [-0.1, -0.05) is 12.1 Å². The van der Waals surface area contributed by atoms with Crippen molar-refractivity contribution in [3.63, 3.8) is 0 Å². The third kappa shape index (κ3) is 5.61. The first-order valence-corrected chi connectivity index (χ1v) is 7.02. The molecule has 1 aliphatic heterocycles. The summed E-state index contributed by atoms with van der Waals surface area (Å²) in [5.74, 6) is -0.201. The normalized spacial score (nSPS) is 17.9. The Morgan fingerprint density at radius 1 is 1.52 bits per heavy atom. The lowest BCUT2D eigenvalue weighted by molar-refractivity contribution is -0.132. The Hall–Kier alpha value is -1.17. The van der Waals surface area contributed by atoms with Crippen LogP contribution in [-0.2, 0) is 16.1 Å². The van der Waals surface area contributed by atoms with Gasteiger partial charge in [-0.3, -0.25) is 4.79 Å². The number of morpholine rings is 1. The van der Waals surface area contributed by atoms with Crippen molar-refractivity contribution in [1.29, 1.82) is 0 Å². The molecule has 2 rings (SSSR count). The summed E-state index contributed by atoms with van der Waals surface area (Å²) in [7, 11) is 0. The Morgan fingerprint density at radius 2 is 2.33 bits per heavy atom. The maximum absolute atomic E-state index is 13.2. The van der Waals surface area contributed by atoms with Crippen molar-refractivity contribution in [2.75, 3.05) is 26.3 Å². The van der Waals surface area contributed by atoms with E-state index in [9.17, 15) is 9.18 Å². The highest BCUT2D eigenvalue weighted by molar-refractivity contribution is 5.85. The molecule has 1 saturated heterocycles. The van der Waals surface area contributed by atoms with Crippen LogP contribution in [-0.4, -0.2) is 43.2 Å². The van der Waals surface area contributed by atoms with Crippen LogP contribution in [0.4, 0.5) is 4.39 Å². The summed E-state index contributed by atoms with van der Waals surface area (Å²) in [6, 6.07) is 6.46. The van der Waals surface area contributed by atoms with Gasteiger partial charge in [0.1, 0.15) is 5.82 Å². The van der Waals surface area contributed by atoms with Crippen molar-refractivity contribution in [3.8, 4) is 0 Å². The molecule has 0 saturated carbocycles. The first-order valence-electron chi connectivity index (χ1n) is 7.02. The molecule has 0 bridgehead atoms. The van der Waals surface area contributed by atoms with E-state index in [1.165, 1.54) is 12.1 Å². The van der Waals surface area contributed by atoms with Crippen LogP contribution in [0, 0.1) is 5.82 Å². The molecule has 6 heteroatoms. The Bertz CT molecular complexity index is 453. The average molecular weight is 317 g/mol. The van der Waals surface area contributed by atoms with Crippen molar-refractivity contribution in [1.82, 2.24) is 10.2 Å². The summed E-state index contributed by atoms with van der Waals surface area (Å²) in [6.07, 6.45) is 0.420. The second-order valence-electron chi connectivity index (χ2n) is 4.97. The lowest BCUT2D eigenvalue weighted by Crippen LogP contribution is -2.45. The summed E-state index contributed by atoms with van der Waals surface area (Å²) in [4.78, 5) is 14.0. The zero-order valence-corrected chi connectivity index (χ0v) is 13.0. The summed E-state index contributed by atoms with van der Waals surface area (Å²) in [6.45, 7) is 5.05. The van der Waals surface area contributed by atoms with Gasteiger partial charge >= 0.3 is 0 Å². The Balaban J connectivity index is 0.00000220. The predicted molar refractivity (Wildman–Crippen MR) is 82.0 cm³/mol. The molecule has 1 atom stereocenters. The zero-order chi connectivity index (χ0) is 14.4. The summed E-state index contributed by atoms with van der Waals surface area (Å²) < 4.78 is 18.5. The number of hydrogen-bond acceptors (Lipinski definition) is 3. The fourth-order valence-electron chi connectivity index (χ4n) is 2.32. The first-order chi connectivity index (χ1) is 9.69. The van der Waals surface area contributed by atoms with Crippen LogP contribution in [0.2, 0.25) is 0 Å². The van der Waals surface area contributed by atoms with Gasteiger partial charge in [-0.25, -0.2) is 4.39 Å². The van der Waals surface area contributed by atoms with E-state index in [0.29, 0.717) is 32.7 Å². The van der Waals surface area contributed by atoms with Crippen LogP contribution in [0.1, 0.15) is 18.9 Å². The van der Waals surface area contributed by atoms with Crippen LogP contribution in [0.25, 0.3) is 0 Å². The summed E-state index contributed by atoms with van der Waals surface area (Å²) in [5, 5.41) is 3.27. The van der Waals surface area contributed by atoms with Gasteiger partial charge in [0, 0.05) is 32.1 Å². The number of nitrogens with one attached hydrogen (secondary N) is 1. The van der Waals surface area contributed by atoms with E-state index in [2.05, 4.69) is 5.32 Å². The molecule has 0 spiro atoms. The van der Waals surface area contributed by atoms with Crippen molar-refractivity contribution < 1.29 is 13.9 Å². The largest absolute Gasteiger partial charge is 0.378 e. The molecule has 1 fully saturated rings. The fourth-order valence-corrected chi connectivity index (χ4v) is 2.32. The highest BCUT2D eigenvalue weighted by Crippen LogP contribution is 2.10. The molecule has 1 aromatic carbocycles. The van der Waals surface area contributed by atoms with E-state index < -0.39 is 0 Å². The number of ether oxygens (including phenoxy) is 1. The minimum atomic E-state index is -0.270. The van der Waals surface area contributed by atoms with Crippen LogP contribution in [0.5, 0.6) is 0 Å². The molecular formula is C15H22ClFN2O2. The Morgan fingerprint density at radius 3 is 2.95 bits per heavy atom. The van der Waals surface area contributed by atoms with E-state index in [1.54, 1.807) is 11.0 Å². The van der Waals surface area contributed by atoms with E-state index in [0.717, 1.165) is 12.1 Å². The number of nitrogens with zero attached hydrogens (tertiary/aromatic N) is 1. The van der Waals surface area contributed by atoms with Crippen LogP contribution in [0.15, 0.2) is 24.3 Å². The molecule has 1 N–H and O–H groups in total. The van der Waals surface area contributed by atoms with Gasteiger partial charge in [0.15, 0.2) is 0 Å². The van der Waals surface area contributed by atoms with Crippen molar-refractivity contribution in [2.24, 2.45) is 0 Å². The molecule has 0 aliphatic carbocycles. The molecule has 1 unspecified atom stereocenters. The highest BCUT2D eigenvalue weighted by atomic mass is 35.5. The van der Waals surface area contributed by atoms with E-state index >= 15 is 0 Å². The lowest BCUT2D eigenvalue weighted by atomic mass is 10.1. The van der Waals surface area contributed by atoms with Crippen LogP contribution < -0.4 is 5.32 Å². The van der Waals surface area contributed by atoms with E-state index in [-0.39, 0.29) is 30.2 Å². The number of halogens is 2. The molecule has 1 heterocycles. The second kappa shape index (κ2) is 8.97. The van der Waals surface area contributed by atoms with E-state index in [4.69, 9.17) is 4.74 Å². The third-order valence-corrected chi connectivity index (χ3v) is 3.42.